The summed E-state index contributed by atoms with van der Waals surface area (Å²) >= 11 is 0. The van der Waals surface area contributed by atoms with Crippen LogP contribution >= 0.6 is 0 Å². The van der Waals surface area contributed by atoms with E-state index in [-0.39, 0.29) is 6.09 Å². The lowest BCUT2D eigenvalue weighted by atomic mass is 9.98. The molecule has 27 heavy (non-hydrogen) atoms. The molecule has 0 bridgehead atoms. The van der Waals surface area contributed by atoms with Crippen LogP contribution < -0.4 is 5.32 Å². The second-order valence-electron chi connectivity index (χ2n) is 7.76. The summed E-state index contributed by atoms with van der Waals surface area (Å²) in [7, 11) is 0. The number of hydrogen-bond acceptors (Lipinski definition) is 4. The van der Waals surface area contributed by atoms with Gasteiger partial charge < -0.3 is 19.7 Å². The number of nitrogens with zero attached hydrogens (tertiary/aromatic N) is 1. The molecule has 5 nitrogen and oxygen atoms in total. The Balaban J connectivity index is 1.53. The van der Waals surface area contributed by atoms with E-state index >= 15 is 0 Å². The van der Waals surface area contributed by atoms with E-state index in [9.17, 15) is 4.79 Å². The minimum atomic E-state index is -0.460. The van der Waals surface area contributed by atoms with Gasteiger partial charge in [-0.1, -0.05) is 42.5 Å². The predicted molar refractivity (Wildman–Crippen MR) is 106 cm³/mol. The number of ether oxygens (including phenoxy) is 2. The molecule has 2 aliphatic heterocycles. The number of carbonyl (C=O) groups is 1. The first-order valence-electron chi connectivity index (χ1n) is 9.39. The molecule has 0 aliphatic carbocycles. The van der Waals surface area contributed by atoms with E-state index in [1.165, 1.54) is 11.1 Å². The zero-order valence-corrected chi connectivity index (χ0v) is 16.3. The maximum atomic E-state index is 12.1. The lowest BCUT2D eigenvalue weighted by Gasteiger charge is -2.30. The Kier molecular flexibility index (Phi) is 5.89. The molecule has 1 aromatic carbocycles. The molecule has 1 N–H and O–H groups in total. The Morgan fingerprint density at radius 1 is 1.15 bits per heavy atom. The second-order valence-corrected chi connectivity index (χ2v) is 7.76. The van der Waals surface area contributed by atoms with Crippen molar-refractivity contribution in [2.24, 2.45) is 0 Å². The van der Waals surface area contributed by atoms with Crippen LogP contribution in [0.15, 0.2) is 65.6 Å². The average molecular weight is 368 g/mol. The summed E-state index contributed by atoms with van der Waals surface area (Å²) in [4.78, 5) is 13.9. The minimum Gasteiger partial charge on any atom is -0.474 e. The highest BCUT2D eigenvalue weighted by molar-refractivity contribution is 5.68. The van der Waals surface area contributed by atoms with Crippen molar-refractivity contribution < 1.29 is 14.3 Å². The van der Waals surface area contributed by atoms with Gasteiger partial charge in [-0.05, 0) is 50.0 Å². The summed E-state index contributed by atoms with van der Waals surface area (Å²) < 4.78 is 11.3. The lowest BCUT2D eigenvalue weighted by molar-refractivity contribution is 0.0266. The molecule has 2 aliphatic rings. The Morgan fingerprint density at radius 3 is 2.52 bits per heavy atom. The Labute approximate surface area is 161 Å². The van der Waals surface area contributed by atoms with Crippen LogP contribution in [0.1, 0.15) is 32.8 Å². The van der Waals surface area contributed by atoms with Crippen molar-refractivity contribution >= 4 is 6.09 Å². The normalized spacial score (nSPS) is 17.3. The maximum absolute atomic E-state index is 12.1. The van der Waals surface area contributed by atoms with Crippen LogP contribution in [-0.4, -0.2) is 36.2 Å². The van der Waals surface area contributed by atoms with Gasteiger partial charge in [0.25, 0.3) is 0 Å². The quantitative estimate of drug-likeness (QED) is 0.868. The fourth-order valence-corrected chi connectivity index (χ4v) is 2.98. The third-order valence-corrected chi connectivity index (χ3v) is 4.40. The molecule has 3 rings (SSSR count). The number of rotatable bonds is 4. The van der Waals surface area contributed by atoms with Crippen molar-refractivity contribution in [3.63, 3.8) is 0 Å². The largest absolute Gasteiger partial charge is 0.474 e. The van der Waals surface area contributed by atoms with Crippen LogP contribution in [0.5, 0.6) is 0 Å². The van der Waals surface area contributed by atoms with Crippen molar-refractivity contribution in [1.29, 1.82) is 0 Å². The van der Waals surface area contributed by atoms with Crippen LogP contribution in [0.25, 0.3) is 0 Å². The molecule has 0 spiro atoms. The Hall–Kier alpha value is -2.69. The van der Waals surface area contributed by atoms with E-state index in [1.54, 1.807) is 4.90 Å². The first kappa shape index (κ1) is 19.1. The zero-order chi connectivity index (χ0) is 19.3. The van der Waals surface area contributed by atoms with E-state index in [4.69, 9.17) is 9.47 Å². The molecular weight excluding hydrogens is 340 g/mol. The van der Waals surface area contributed by atoms with Gasteiger partial charge in [0, 0.05) is 19.6 Å². The Bertz CT molecular complexity index is 758. The first-order valence-corrected chi connectivity index (χ1v) is 9.39. The SMILES string of the molecule is CC(C)(C)OC(=O)N1CC=C(C2=CC=C(OCc3ccccc3)NC2)CC1. The number of amides is 1. The molecule has 0 saturated heterocycles. The molecule has 0 fully saturated rings. The number of nitrogens with one attached hydrogen (secondary N) is 1. The fraction of sp³-hybridized carbons (Fsp3) is 0.409. The molecule has 1 aromatic rings. The molecule has 5 heteroatoms. The summed E-state index contributed by atoms with van der Waals surface area (Å²) in [5.41, 5.74) is 3.21. The van der Waals surface area contributed by atoms with Crippen molar-refractivity contribution in [3.05, 3.63) is 71.2 Å². The number of benzene rings is 1. The second kappa shape index (κ2) is 8.33. The number of dihydropyridines is 1. The highest BCUT2D eigenvalue weighted by atomic mass is 16.6. The van der Waals surface area contributed by atoms with Crippen molar-refractivity contribution in [3.8, 4) is 0 Å². The molecule has 0 radical (unpaired) electrons. The molecule has 0 aromatic heterocycles. The molecule has 144 valence electrons. The monoisotopic (exact) mass is 368 g/mol. The van der Waals surface area contributed by atoms with Gasteiger partial charge in [0.2, 0.25) is 0 Å². The van der Waals surface area contributed by atoms with Crippen molar-refractivity contribution in [2.45, 2.75) is 39.4 Å². The van der Waals surface area contributed by atoms with Crippen LogP contribution in [0.4, 0.5) is 4.79 Å². The Morgan fingerprint density at radius 2 is 1.93 bits per heavy atom. The molecule has 0 saturated carbocycles. The number of carbonyl (C=O) groups excluding carboxylic acids is 1. The maximum Gasteiger partial charge on any atom is 0.410 e. The molecule has 1 amide bonds. The number of allylic oxidation sites excluding steroid dienone is 2. The summed E-state index contributed by atoms with van der Waals surface area (Å²) in [5.74, 6) is 0.786. The predicted octanol–water partition coefficient (Wildman–Crippen LogP) is 4.14. The standard InChI is InChI=1S/C22H28N2O3/c1-22(2,3)27-21(25)24-13-11-18(12-14-24)19-9-10-20(23-15-19)26-16-17-7-5-4-6-8-17/h4-11,23H,12-16H2,1-3H3. The van der Waals surface area contributed by atoms with Gasteiger partial charge >= 0.3 is 6.09 Å². The van der Waals surface area contributed by atoms with Crippen LogP contribution in [0.2, 0.25) is 0 Å². The van der Waals surface area contributed by atoms with E-state index in [1.807, 2.05) is 57.2 Å². The minimum absolute atomic E-state index is 0.245. The van der Waals surface area contributed by atoms with Crippen molar-refractivity contribution in [1.82, 2.24) is 10.2 Å². The summed E-state index contributed by atoms with van der Waals surface area (Å²) in [6.45, 7) is 8.21. The molecule has 2 heterocycles. The van der Waals surface area contributed by atoms with Gasteiger partial charge in [-0.15, -0.1) is 0 Å². The van der Waals surface area contributed by atoms with Crippen LogP contribution in [0.3, 0.4) is 0 Å². The van der Waals surface area contributed by atoms with Gasteiger partial charge in [-0.25, -0.2) is 4.79 Å². The smallest absolute Gasteiger partial charge is 0.410 e. The molecule has 0 unspecified atom stereocenters. The highest BCUT2D eigenvalue weighted by Crippen LogP contribution is 2.22. The van der Waals surface area contributed by atoms with Gasteiger partial charge in [0.15, 0.2) is 5.88 Å². The third kappa shape index (κ3) is 5.64. The average Bonchev–Trinajstić information content (AvgIpc) is 2.66. The summed E-state index contributed by atoms with van der Waals surface area (Å²) in [6, 6.07) is 10.1. The van der Waals surface area contributed by atoms with E-state index in [0.717, 1.165) is 24.4 Å². The summed E-state index contributed by atoms with van der Waals surface area (Å²) in [5, 5.41) is 3.33. The van der Waals surface area contributed by atoms with E-state index in [0.29, 0.717) is 19.7 Å². The fourth-order valence-electron chi connectivity index (χ4n) is 2.98. The number of hydrogen-bond donors (Lipinski definition) is 1. The van der Waals surface area contributed by atoms with Gasteiger partial charge in [-0.3, -0.25) is 0 Å². The lowest BCUT2D eigenvalue weighted by Crippen LogP contribution is -2.39. The van der Waals surface area contributed by atoms with Crippen LogP contribution in [0, 0.1) is 0 Å². The third-order valence-electron chi connectivity index (χ3n) is 4.40. The van der Waals surface area contributed by atoms with E-state index < -0.39 is 5.60 Å². The van der Waals surface area contributed by atoms with Gasteiger partial charge in [0.1, 0.15) is 12.2 Å². The molecular formula is C22H28N2O3. The van der Waals surface area contributed by atoms with Gasteiger partial charge in [0.05, 0.1) is 0 Å². The van der Waals surface area contributed by atoms with Crippen LogP contribution in [-0.2, 0) is 16.1 Å². The van der Waals surface area contributed by atoms with Gasteiger partial charge in [-0.2, -0.15) is 0 Å². The van der Waals surface area contributed by atoms with Crippen molar-refractivity contribution in [2.75, 3.05) is 19.6 Å². The summed E-state index contributed by atoms with van der Waals surface area (Å²) in [6.07, 6.45) is 6.78. The zero-order valence-electron chi connectivity index (χ0n) is 16.3. The topological polar surface area (TPSA) is 50.8 Å². The van der Waals surface area contributed by atoms with E-state index in [2.05, 4.69) is 17.5 Å². The molecule has 0 atom stereocenters. The first-order chi connectivity index (χ1) is 12.9. The highest BCUT2D eigenvalue weighted by Gasteiger charge is 2.24.